The van der Waals surface area contributed by atoms with E-state index in [4.69, 9.17) is 4.74 Å². The summed E-state index contributed by atoms with van der Waals surface area (Å²) in [6.07, 6.45) is 2.60. The summed E-state index contributed by atoms with van der Waals surface area (Å²) >= 11 is 0. The molecule has 1 aliphatic rings. The number of carbonyl (C=O) groups is 1. The maximum Gasteiger partial charge on any atom is 0.211 e. The number of ether oxygens (including phenoxy) is 1. The maximum absolute atomic E-state index is 12.2. The third kappa shape index (κ3) is 4.57. The van der Waals surface area contributed by atoms with Gasteiger partial charge in [0.1, 0.15) is 22.9 Å². The summed E-state index contributed by atoms with van der Waals surface area (Å²) < 4.78 is 5.76. The van der Waals surface area contributed by atoms with Crippen LogP contribution in [0, 0.1) is 0 Å². The highest BCUT2D eigenvalue weighted by atomic mass is 32.2. The molecule has 0 atom stereocenters. The van der Waals surface area contributed by atoms with Gasteiger partial charge in [-0.15, -0.1) is 0 Å². The number of hydrogen-bond acceptors (Lipinski definition) is 2. The van der Waals surface area contributed by atoms with E-state index in [0.29, 0.717) is 10.9 Å². The van der Waals surface area contributed by atoms with E-state index < -0.39 is 0 Å². The minimum atomic E-state index is -0.198. The molecule has 0 aromatic heterocycles. The maximum atomic E-state index is 12.2. The second-order valence-electron chi connectivity index (χ2n) is 6.03. The van der Waals surface area contributed by atoms with Gasteiger partial charge in [0.2, 0.25) is 5.78 Å². The second kappa shape index (κ2) is 6.00. The Hall–Kier alpha value is -0.960. The van der Waals surface area contributed by atoms with Crippen LogP contribution in [0.4, 0.5) is 0 Å². The lowest BCUT2D eigenvalue weighted by molar-refractivity contribution is 0.102. The molecule has 1 aromatic carbocycles. The molecule has 0 unspecified atom stereocenters. The molecule has 2 nitrogen and oxygen atoms in total. The Labute approximate surface area is 118 Å². The fraction of sp³-hybridized carbons (Fsp3) is 0.562. The smallest absolute Gasteiger partial charge is 0.211 e. The van der Waals surface area contributed by atoms with E-state index in [1.807, 2.05) is 45.0 Å². The van der Waals surface area contributed by atoms with Gasteiger partial charge in [-0.3, -0.25) is 4.79 Å². The first-order valence-corrected chi connectivity index (χ1v) is 8.64. The number of ketones is 1. The minimum Gasteiger partial charge on any atom is -0.488 e. The molecule has 3 heteroatoms. The number of hydrogen-bond donors (Lipinski definition) is 0. The Morgan fingerprint density at radius 3 is 2.26 bits per heavy atom. The molecule has 19 heavy (non-hydrogen) atoms. The average Bonchev–Trinajstić information content (AvgIpc) is 2.80. The zero-order chi connectivity index (χ0) is 13.9. The van der Waals surface area contributed by atoms with E-state index in [-0.39, 0.29) is 11.4 Å². The van der Waals surface area contributed by atoms with E-state index in [9.17, 15) is 4.79 Å². The van der Waals surface area contributed by atoms with Gasteiger partial charge in [0.25, 0.3) is 0 Å². The topological polar surface area (TPSA) is 26.3 Å². The van der Waals surface area contributed by atoms with E-state index >= 15 is 0 Å². The fourth-order valence-corrected chi connectivity index (χ4v) is 4.44. The van der Waals surface area contributed by atoms with Crippen molar-refractivity contribution in [2.75, 3.05) is 17.3 Å². The van der Waals surface area contributed by atoms with Crippen molar-refractivity contribution in [2.45, 2.75) is 39.2 Å². The van der Waals surface area contributed by atoms with Crippen LogP contribution in [0.2, 0.25) is 0 Å². The van der Waals surface area contributed by atoms with Gasteiger partial charge >= 0.3 is 0 Å². The molecule has 0 N–H and O–H groups in total. The molecule has 0 amide bonds. The zero-order valence-corrected chi connectivity index (χ0v) is 12.9. The van der Waals surface area contributed by atoms with Gasteiger partial charge in [-0.1, -0.05) is 0 Å². The Morgan fingerprint density at radius 1 is 1.16 bits per heavy atom. The Kier molecular flexibility index (Phi) is 4.56. The zero-order valence-electron chi connectivity index (χ0n) is 12.1. The number of carbonyl (C=O) groups excluding carboxylic acids is 1. The van der Waals surface area contributed by atoms with Crippen LogP contribution in [0.3, 0.4) is 0 Å². The van der Waals surface area contributed by atoms with Gasteiger partial charge in [-0.2, -0.15) is 0 Å². The number of rotatable bonds is 4. The van der Waals surface area contributed by atoms with Crippen molar-refractivity contribution in [3.05, 3.63) is 29.8 Å². The lowest BCUT2D eigenvalue weighted by Crippen LogP contribution is -2.23. The molecule has 0 spiro atoms. The predicted molar refractivity (Wildman–Crippen MR) is 82.4 cm³/mol. The molecule has 1 fully saturated rings. The molecule has 0 radical (unpaired) electrons. The van der Waals surface area contributed by atoms with E-state index in [1.165, 1.54) is 24.3 Å². The van der Waals surface area contributed by atoms with Gasteiger partial charge in [-0.05, 0) is 68.8 Å². The first kappa shape index (κ1) is 14.4. The predicted octanol–water partition coefficient (Wildman–Crippen LogP) is 3.46. The van der Waals surface area contributed by atoms with Crippen LogP contribution in [-0.2, 0) is 10.9 Å². The molecular weight excluding hydrogens is 256 g/mol. The van der Waals surface area contributed by atoms with Crippen LogP contribution in [0.5, 0.6) is 5.75 Å². The van der Waals surface area contributed by atoms with Crippen LogP contribution in [0.1, 0.15) is 44.0 Å². The van der Waals surface area contributed by atoms with Crippen LogP contribution in [0.15, 0.2) is 24.3 Å². The van der Waals surface area contributed by atoms with Gasteiger partial charge in [0, 0.05) is 5.56 Å². The molecule has 104 valence electrons. The Balaban J connectivity index is 1.95. The molecular formula is C16H23O2S+. The van der Waals surface area contributed by atoms with Crippen LogP contribution >= 0.6 is 0 Å². The van der Waals surface area contributed by atoms with E-state index in [0.717, 1.165) is 17.1 Å². The van der Waals surface area contributed by atoms with Crippen molar-refractivity contribution in [1.82, 2.24) is 0 Å². The van der Waals surface area contributed by atoms with Crippen molar-refractivity contribution < 1.29 is 9.53 Å². The Bertz CT molecular complexity index is 425. The standard InChI is InChI=1S/C16H23O2S/c1-16(2,3)18-14-8-6-13(7-9-14)15(17)12-19-10-4-5-11-19/h6-9H,4-5,10-12H2,1-3H3/q+1. The second-order valence-corrected chi connectivity index (χ2v) is 8.36. The van der Waals surface area contributed by atoms with Crippen LogP contribution in [-0.4, -0.2) is 28.6 Å². The summed E-state index contributed by atoms with van der Waals surface area (Å²) in [5, 5.41) is 0. The molecule has 0 bridgehead atoms. The van der Waals surface area contributed by atoms with Crippen molar-refractivity contribution in [3.8, 4) is 5.75 Å². The van der Waals surface area contributed by atoms with E-state index in [2.05, 4.69) is 0 Å². The van der Waals surface area contributed by atoms with Crippen molar-refractivity contribution in [3.63, 3.8) is 0 Å². The first-order valence-electron chi connectivity index (χ1n) is 6.90. The fourth-order valence-electron chi connectivity index (χ4n) is 2.19. The van der Waals surface area contributed by atoms with Gasteiger partial charge < -0.3 is 4.74 Å². The first-order chi connectivity index (χ1) is 8.94. The lowest BCUT2D eigenvalue weighted by Gasteiger charge is -2.21. The summed E-state index contributed by atoms with van der Waals surface area (Å²) in [5.41, 5.74) is 0.622. The molecule has 0 saturated carbocycles. The van der Waals surface area contributed by atoms with Gasteiger partial charge in [0.15, 0.2) is 5.75 Å². The summed E-state index contributed by atoms with van der Waals surface area (Å²) in [7, 11) is 0.340. The molecule has 1 aromatic rings. The number of Topliss-reactive ketones (excluding diaryl/α,β-unsaturated/α-hetero) is 1. The normalized spacial score (nSPS) is 16.6. The van der Waals surface area contributed by atoms with Crippen LogP contribution in [0.25, 0.3) is 0 Å². The molecule has 0 aliphatic carbocycles. The summed E-state index contributed by atoms with van der Waals surface area (Å²) in [6, 6.07) is 7.58. The SMILES string of the molecule is CC(C)(C)Oc1ccc(C(=O)C[S+]2CCCC2)cc1. The van der Waals surface area contributed by atoms with Crippen molar-refractivity contribution in [2.24, 2.45) is 0 Å². The number of benzene rings is 1. The molecule has 2 rings (SSSR count). The average molecular weight is 279 g/mol. The molecule has 1 aliphatic heterocycles. The Morgan fingerprint density at radius 2 is 1.74 bits per heavy atom. The summed E-state index contributed by atoms with van der Waals surface area (Å²) in [5.74, 6) is 4.34. The quantitative estimate of drug-likeness (QED) is 0.623. The minimum absolute atomic E-state index is 0.198. The highest BCUT2D eigenvalue weighted by molar-refractivity contribution is 7.97. The summed E-state index contributed by atoms with van der Waals surface area (Å²) in [4.78, 5) is 12.2. The van der Waals surface area contributed by atoms with Crippen molar-refractivity contribution in [1.29, 1.82) is 0 Å². The van der Waals surface area contributed by atoms with E-state index in [1.54, 1.807) is 0 Å². The van der Waals surface area contributed by atoms with Crippen LogP contribution < -0.4 is 4.74 Å². The summed E-state index contributed by atoms with van der Waals surface area (Å²) in [6.45, 7) is 6.06. The highest BCUT2D eigenvalue weighted by Gasteiger charge is 2.27. The third-order valence-corrected chi connectivity index (χ3v) is 5.45. The largest absolute Gasteiger partial charge is 0.488 e. The highest BCUT2D eigenvalue weighted by Crippen LogP contribution is 2.20. The lowest BCUT2D eigenvalue weighted by atomic mass is 10.1. The third-order valence-electron chi connectivity index (χ3n) is 3.05. The monoisotopic (exact) mass is 279 g/mol. The molecule has 1 heterocycles. The van der Waals surface area contributed by atoms with Gasteiger partial charge in [-0.25, -0.2) is 0 Å². The van der Waals surface area contributed by atoms with Crippen molar-refractivity contribution >= 4 is 16.7 Å². The molecule has 1 saturated heterocycles. The van der Waals surface area contributed by atoms with Gasteiger partial charge in [0.05, 0.1) is 0 Å².